The van der Waals surface area contributed by atoms with Crippen molar-refractivity contribution in [3.8, 4) is 0 Å². The molecule has 0 radical (unpaired) electrons. The first-order chi connectivity index (χ1) is 14.1. The SMILES string of the molecule is CC(C)(C)c1ccc(NC(=O)CN2CCN(S(=O)(=O)c3cccc(F)c3)CC2)cc1. The van der Waals surface area contributed by atoms with Gasteiger partial charge in [-0.3, -0.25) is 9.69 Å². The van der Waals surface area contributed by atoms with E-state index in [1.165, 1.54) is 28.1 Å². The van der Waals surface area contributed by atoms with Gasteiger partial charge in [0.05, 0.1) is 11.4 Å². The number of hydrogen-bond acceptors (Lipinski definition) is 4. The third kappa shape index (κ3) is 5.44. The Balaban J connectivity index is 1.52. The van der Waals surface area contributed by atoms with Crippen LogP contribution >= 0.6 is 0 Å². The second kappa shape index (κ2) is 8.83. The Morgan fingerprint density at radius 1 is 1.03 bits per heavy atom. The molecule has 6 nitrogen and oxygen atoms in total. The molecule has 1 N–H and O–H groups in total. The number of piperazine rings is 1. The predicted octanol–water partition coefficient (Wildman–Crippen LogP) is 3.07. The first-order valence-electron chi connectivity index (χ1n) is 9.94. The zero-order valence-electron chi connectivity index (χ0n) is 17.6. The second-order valence-electron chi connectivity index (χ2n) is 8.51. The van der Waals surface area contributed by atoms with Crippen LogP contribution in [0.25, 0.3) is 0 Å². The fraction of sp³-hybridized carbons (Fsp3) is 0.409. The van der Waals surface area contributed by atoms with Gasteiger partial charge in [-0.1, -0.05) is 39.0 Å². The Labute approximate surface area is 177 Å². The van der Waals surface area contributed by atoms with Crippen LogP contribution in [0.1, 0.15) is 26.3 Å². The van der Waals surface area contributed by atoms with Crippen LogP contribution in [0.3, 0.4) is 0 Å². The van der Waals surface area contributed by atoms with Crippen LogP contribution in [0, 0.1) is 5.82 Å². The Morgan fingerprint density at radius 3 is 2.23 bits per heavy atom. The van der Waals surface area contributed by atoms with Gasteiger partial charge in [-0.05, 0) is 41.3 Å². The number of halogens is 1. The standard InChI is InChI=1S/C22H28FN3O3S/c1-22(2,3)17-7-9-19(10-8-17)24-21(27)16-25-11-13-26(14-12-25)30(28,29)20-6-4-5-18(23)15-20/h4-10,15H,11-14,16H2,1-3H3,(H,24,27). The molecule has 0 saturated carbocycles. The van der Waals surface area contributed by atoms with Crippen molar-refractivity contribution in [2.75, 3.05) is 38.0 Å². The average Bonchev–Trinajstić information content (AvgIpc) is 2.68. The molecule has 0 atom stereocenters. The van der Waals surface area contributed by atoms with E-state index in [1.54, 1.807) is 0 Å². The number of hydrogen-bond donors (Lipinski definition) is 1. The van der Waals surface area contributed by atoms with Crippen molar-refractivity contribution in [1.82, 2.24) is 9.21 Å². The molecule has 1 aliphatic rings. The molecule has 0 aromatic heterocycles. The van der Waals surface area contributed by atoms with Gasteiger partial charge in [0.15, 0.2) is 0 Å². The van der Waals surface area contributed by atoms with E-state index in [0.717, 1.165) is 11.8 Å². The molecule has 1 fully saturated rings. The molecule has 0 bridgehead atoms. The lowest BCUT2D eigenvalue weighted by Crippen LogP contribution is -2.50. The topological polar surface area (TPSA) is 69.7 Å². The van der Waals surface area contributed by atoms with Gasteiger partial charge >= 0.3 is 0 Å². The lowest BCUT2D eigenvalue weighted by Gasteiger charge is -2.33. The Kier molecular flexibility index (Phi) is 6.59. The van der Waals surface area contributed by atoms with Gasteiger partial charge in [0.25, 0.3) is 0 Å². The lowest BCUT2D eigenvalue weighted by atomic mass is 9.87. The van der Waals surface area contributed by atoms with Crippen LogP contribution in [0.4, 0.5) is 10.1 Å². The van der Waals surface area contributed by atoms with Crippen LogP contribution < -0.4 is 5.32 Å². The minimum Gasteiger partial charge on any atom is -0.325 e. The number of benzene rings is 2. The summed E-state index contributed by atoms with van der Waals surface area (Å²) in [5.74, 6) is -0.720. The summed E-state index contributed by atoms with van der Waals surface area (Å²) in [7, 11) is -3.74. The van der Waals surface area contributed by atoms with Gasteiger partial charge in [-0.25, -0.2) is 12.8 Å². The lowest BCUT2D eigenvalue weighted by molar-refractivity contribution is -0.117. The van der Waals surface area contributed by atoms with Crippen molar-refractivity contribution < 1.29 is 17.6 Å². The summed E-state index contributed by atoms with van der Waals surface area (Å²) in [5, 5.41) is 2.89. The Hall–Kier alpha value is -2.29. The molecule has 1 amide bonds. The molecule has 1 heterocycles. The minimum absolute atomic E-state index is 0.0487. The molecule has 3 rings (SSSR count). The summed E-state index contributed by atoms with van der Waals surface area (Å²) >= 11 is 0. The number of sulfonamides is 1. The molecule has 2 aromatic rings. The zero-order chi connectivity index (χ0) is 21.9. The Morgan fingerprint density at radius 2 is 1.67 bits per heavy atom. The van der Waals surface area contributed by atoms with Gasteiger partial charge in [0.1, 0.15) is 5.82 Å². The number of carbonyl (C=O) groups is 1. The number of carbonyl (C=O) groups excluding carboxylic acids is 1. The highest BCUT2D eigenvalue weighted by Crippen LogP contribution is 2.23. The van der Waals surface area contributed by atoms with Crippen molar-refractivity contribution in [3.63, 3.8) is 0 Å². The molecular weight excluding hydrogens is 405 g/mol. The smallest absolute Gasteiger partial charge is 0.243 e. The second-order valence-corrected chi connectivity index (χ2v) is 10.5. The van der Waals surface area contributed by atoms with E-state index in [0.29, 0.717) is 13.1 Å². The maximum atomic E-state index is 13.4. The van der Waals surface area contributed by atoms with E-state index in [4.69, 9.17) is 0 Å². The summed E-state index contributed by atoms with van der Waals surface area (Å²) in [6.07, 6.45) is 0. The van der Waals surface area contributed by atoms with Gasteiger partial charge < -0.3 is 5.32 Å². The van der Waals surface area contributed by atoms with E-state index in [9.17, 15) is 17.6 Å². The monoisotopic (exact) mass is 433 g/mol. The molecule has 8 heteroatoms. The molecule has 0 spiro atoms. The molecule has 162 valence electrons. The largest absolute Gasteiger partial charge is 0.325 e. The molecule has 1 saturated heterocycles. The zero-order valence-corrected chi connectivity index (χ0v) is 18.4. The highest BCUT2D eigenvalue weighted by Gasteiger charge is 2.29. The van der Waals surface area contributed by atoms with Gasteiger partial charge in [-0.2, -0.15) is 4.31 Å². The summed E-state index contributed by atoms with van der Waals surface area (Å²) in [6.45, 7) is 7.97. The van der Waals surface area contributed by atoms with E-state index < -0.39 is 15.8 Å². The number of nitrogens with one attached hydrogen (secondary N) is 1. The molecular formula is C22H28FN3O3S. The normalized spacial score (nSPS) is 16.4. The van der Waals surface area contributed by atoms with Crippen LogP contribution in [-0.4, -0.2) is 56.3 Å². The molecule has 1 aliphatic heterocycles. The van der Waals surface area contributed by atoms with E-state index in [2.05, 4.69) is 26.1 Å². The van der Waals surface area contributed by atoms with Gasteiger partial charge in [0.2, 0.25) is 15.9 Å². The molecule has 0 aliphatic carbocycles. The Bertz CT molecular complexity index is 993. The summed E-state index contributed by atoms with van der Waals surface area (Å²) in [5.41, 5.74) is 1.98. The van der Waals surface area contributed by atoms with E-state index >= 15 is 0 Å². The molecule has 2 aromatic carbocycles. The van der Waals surface area contributed by atoms with E-state index in [-0.39, 0.29) is 35.9 Å². The summed E-state index contributed by atoms with van der Waals surface area (Å²) < 4.78 is 40.1. The van der Waals surface area contributed by atoms with Crippen molar-refractivity contribution in [2.24, 2.45) is 0 Å². The fourth-order valence-electron chi connectivity index (χ4n) is 3.36. The van der Waals surface area contributed by atoms with Crippen LogP contribution in [0.15, 0.2) is 53.4 Å². The van der Waals surface area contributed by atoms with Crippen molar-refractivity contribution in [3.05, 3.63) is 59.9 Å². The van der Waals surface area contributed by atoms with Gasteiger partial charge in [-0.15, -0.1) is 0 Å². The first-order valence-corrected chi connectivity index (χ1v) is 11.4. The van der Waals surface area contributed by atoms with Crippen molar-refractivity contribution in [1.29, 1.82) is 0 Å². The third-order valence-electron chi connectivity index (χ3n) is 5.17. The maximum absolute atomic E-state index is 13.4. The highest BCUT2D eigenvalue weighted by atomic mass is 32.2. The summed E-state index contributed by atoms with van der Waals surface area (Å²) in [4.78, 5) is 14.2. The minimum atomic E-state index is -3.74. The fourth-order valence-corrected chi connectivity index (χ4v) is 4.82. The highest BCUT2D eigenvalue weighted by molar-refractivity contribution is 7.89. The number of amides is 1. The van der Waals surface area contributed by atoms with Crippen LogP contribution in [0.5, 0.6) is 0 Å². The average molecular weight is 434 g/mol. The third-order valence-corrected chi connectivity index (χ3v) is 7.06. The maximum Gasteiger partial charge on any atom is 0.243 e. The molecule has 30 heavy (non-hydrogen) atoms. The quantitative estimate of drug-likeness (QED) is 0.787. The predicted molar refractivity (Wildman–Crippen MR) is 115 cm³/mol. The van der Waals surface area contributed by atoms with E-state index in [1.807, 2.05) is 29.2 Å². The first kappa shape index (κ1) is 22.4. The summed E-state index contributed by atoms with van der Waals surface area (Å²) in [6, 6.07) is 12.8. The van der Waals surface area contributed by atoms with Crippen molar-refractivity contribution >= 4 is 21.6 Å². The van der Waals surface area contributed by atoms with Gasteiger partial charge in [0, 0.05) is 31.9 Å². The van der Waals surface area contributed by atoms with Crippen LogP contribution in [-0.2, 0) is 20.2 Å². The van der Waals surface area contributed by atoms with Crippen LogP contribution in [0.2, 0.25) is 0 Å². The number of nitrogens with zero attached hydrogens (tertiary/aromatic N) is 2. The number of anilines is 1. The number of rotatable bonds is 5. The van der Waals surface area contributed by atoms with Crippen molar-refractivity contribution in [2.45, 2.75) is 31.1 Å². The molecule has 0 unspecified atom stereocenters.